The largest absolute Gasteiger partial charge is 0.492 e. The summed E-state index contributed by atoms with van der Waals surface area (Å²) in [5, 5.41) is 3.41. The topological polar surface area (TPSA) is 75.7 Å². The molecule has 1 fully saturated rings. The van der Waals surface area contributed by atoms with Crippen LogP contribution in [0.15, 0.2) is 47.4 Å². The predicted molar refractivity (Wildman–Crippen MR) is 118 cm³/mol. The standard InChI is InChI=1S/C22H27ClN2O4S/c1-16-9-12-25(13-10-16)30(27,28)20-8-3-17(2)21(15-20)22(26)24-11-14-29-19-6-4-18(23)5-7-19/h3-8,15-16H,9-14H2,1-2H3,(H,24,26). The Labute approximate surface area is 183 Å². The highest BCUT2D eigenvalue weighted by molar-refractivity contribution is 7.89. The summed E-state index contributed by atoms with van der Waals surface area (Å²) in [7, 11) is -3.61. The molecule has 0 radical (unpaired) electrons. The van der Waals surface area contributed by atoms with Crippen LogP contribution in [-0.4, -0.2) is 44.9 Å². The molecular formula is C22H27ClN2O4S. The monoisotopic (exact) mass is 450 g/mol. The Morgan fingerprint density at radius 2 is 1.83 bits per heavy atom. The molecular weight excluding hydrogens is 424 g/mol. The number of carbonyl (C=O) groups is 1. The summed E-state index contributed by atoms with van der Waals surface area (Å²) in [6.07, 6.45) is 1.71. The van der Waals surface area contributed by atoms with Crippen molar-refractivity contribution in [1.29, 1.82) is 0 Å². The van der Waals surface area contributed by atoms with Crippen LogP contribution in [0.2, 0.25) is 5.02 Å². The van der Waals surface area contributed by atoms with Crippen molar-refractivity contribution >= 4 is 27.5 Å². The SMILES string of the molecule is Cc1ccc(S(=O)(=O)N2CCC(C)CC2)cc1C(=O)NCCOc1ccc(Cl)cc1. The fourth-order valence-corrected chi connectivity index (χ4v) is 4.96. The van der Waals surface area contributed by atoms with E-state index in [0.29, 0.717) is 41.9 Å². The Kier molecular flexibility index (Phi) is 7.39. The number of benzene rings is 2. The molecule has 0 unspecified atom stereocenters. The number of piperidine rings is 1. The molecule has 0 aliphatic carbocycles. The summed E-state index contributed by atoms with van der Waals surface area (Å²) in [6, 6.07) is 11.7. The maximum atomic E-state index is 13.0. The average Bonchev–Trinajstić information content (AvgIpc) is 2.73. The number of nitrogens with zero attached hydrogens (tertiary/aromatic N) is 1. The minimum Gasteiger partial charge on any atom is -0.492 e. The third-order valence-electron chi connectivity index (χ3n) is 5.30. The zero-order valence-electron chi connectivity index (χ0n) is 17.2. The first-order chi connectivity index (χ1) is 14.3. The van der Waals surface area contributed by atoms with E-state index in [-0.39, 0.29) is 17.4 Å². The third kappa shape index (κ3) is 5.53. The van der Waals surface area contributed by atoms with E-state index in [1.807, 2.05) is 0 Å². The van der Waals surface area contributed by atoms with Crippen molar-refractivity contribution in [2.24, 2.45) is 5.92 Å². The van der Waals surface area contributed by atoms with Gasteiger partial charge in [-0.25, -0.2) is 8.42 Å². The van der Waals surface area contributed by atoms with Gasteiger partial charge in [-0.05, 0) is 67.6 Å². The Bertz CT molecular complexity index is 985. The number of halogens is 1. The first-order valence-electron chi connectivity index (χ1n) is 10.0. The van der Waals surface area contributed by atoms with Gasteiger partial charge in [-0.15, -0.1) is 0 Å². The third-order valence-corrected chi connectivity index (χ3v) is 7.45. The zero-order chi connectivity index (χ0) is 21.7. The van der Waals surface area contributed by atoms with Gasteiger partial charge in [0.25, 0.3) is 5.91 Å². The molecule has 1 aliphatic rings. The minimum atomic E-state index is -3.61. The number of carbonyl (C=O) groups excluding carboxylic acids is 1. The van der Waals surface area contributed by atoms with E-state index in [1.54, 1.807) is 43.3 Å². The Hall–Kier alpha value is -2.09. The van der Waals surface area contributed by atoms with Crippen LogP contribution in [0.5, 0.6) is 5.75 Å². The van der Waals surface area contributed by atoms with Gasteiger partial charge < -0.3 is 10.1 Å². The van der Waals surface area contributed by atoms with Crippen LogP contribution in [0.3, 0.4) is 0 Å². The van der Waals surface area contributed by atoms with E-state index in [9.17, 15) is 13.2 Å². The Balaban J connectivity index is 1.62. The maximum absolute atomic E-state index is 13.0. The maximum Gasteiger partial charge on any atom is 0.251 e. The van der Waals surface area contributed by atoms with Crippen molar-refractivity contribution < 1.29 is 17.9 Å². The molecule has 1 amide bonds. The second kappa shape index (κ2) is 9.81. The van der Waals surface area contributed by atoms with Crippen molar-refractivity contribution in [2.75, 3.05) is 26.2 Å². The molecule has 30 heavy (non-hydrogen) atoms. The summed E-state index contributed by atoms with van der Waals surface area (Å²) in [4.78, 5) is 12.8. The normalized spacial score (nSPS) is 15.7. The van der Waals surface area contributed by atoms with Gasteiger partial charge in [0, 0.05) is 23.7 Å². The van der Waals surface area contributed by atoms with Gasteiger partial charge in [-0.1, -0.05) is 24.6 Å². The molecule has 0 spiro atoms. The molecule has 162 valence electrons. The summed E-state index contributed by atoms with van der Waals surface area (Å²) >= 11 is 5.84. The molecule has 0 saturated carbocycles. The van der Waals surface area contributed by atoms with Gasteiger partial charge in [0.15, 0.2) is 0 Å². The number of aryl methyl sites for hydroxylation is 1. The fraction of sp³-hybridized carbons (Fsp3) is 0.409. The summed E-state index contributed by atoms with van der Waals surface area (Å²) < 4.78 is 33.1. The van der Waals surface area contributed by atoms with Gasteiger partial charge in [-0.3, -0.25) is 4.79 Å². The highest BCUT2D eigenvalue weighted by Crippen LogP contribution is 2.25. The number of rotatable bonds is 7. The van der Waals surface area contributed by atoms with Gasteiger partial charge >= 0.3 is 0 Å². The predicted octanol–water partition coefficient (Wildman–Crippen LogP) is 3.88. The van der Waals surface area contributed by atoms with E-state index in [0.717, 1.165) is 18.4 Å². The molecule has 0 bridgehead atoms. The van der Waals surface area contributed by atoms with Crippen LogP contribution >= 0.6 is 11.6 Å². The molecule has 8 heteroatoms. The number of hydrogen-bond donors (Lipinski definition) is 1. The van der Waals surface area contributed by atoms with Gasteiger partial charge in [0.2, 0.25) is 10.0 Å². The lowest BCUT2D eigenvalue weighted by Crippen LogP contribution is -2.38. The number of ether oxygens (including phenoxy) is 1. The molecule has 2 aromatic rings. The molecule has 1 heterocycles. The van der Waals surface area contributed by atoms with Gasteiger partial charge in [-0.2, -0.15) is 4.31 Å². The summed E-state index contributed by atoms with van der Waals surface area (Å²) in [6.45, 7) is 5.53. The van der Waals surface area contributed by atoms with Crippen LogP contribution in [0.25, 0.3) is 0 Å². The molecule has 3 rings (SSSR count). The van der Waals surface area contributed by atoms with Crippen LogP contribution in [0.4, 0.5) is 0 Å². The van der Waals surface area contributed by atoms with Crippen molar-refractivity contribution in [3.63, 3.8) is 0 Å². The van der Waals surface area contributed by atoms with Crippen LogP contribution < -0.4 is 10.1 Å². The molecule has 0 atom stereocenters. The van der Waals surface area contributed by atoms with Crippen LogP contribution in [0.1, 0.15) is 35.7 Å². The van der Waals surface area contributed by atoms with Crippen LogP contribution in [-0.2, 0) is 10.0 Å². The molecule has 0 aromatic heterocycles. The number of amides is 1. The highest BCUT2D eigenvalue weighted by Gasteiger charge is 2.28. The lowest BCUT2D eigenvalue weighted by Gasteiger charge is -2.29. The molecule has 1 N–H and O–H groups in total. The summed E-state index contributed by atoms with van der Waals surface area (Å²) in [5.41, 5.74) is 1.07. The fourth-order valence-electron chi connectivity index (χ4n) is 3.34. The number of hydrogen-bond acceptors (Lipinski definition) is 4. The highest BCUT2D eigenvalue weighted by atomic mass is 35.5. The Morgan fingerprint density at radius 1 is 1.17 bits per heavy atom. The first-order valence-corrected chi connectivity index (χ1v) is 11.9. The lowest BCUT2D eigenvalue weighted by atomic mass is 10.0. The molecule has 1 saturated heterocycles. The van der Waals surface area contributed by atoms with Gasteiger partial charge in [0.1, 0.15) is 12.4 Å². The molecule has 2 aromatic carbocycles. The van der Waals surface area contributed by atoms with Crippen LogP contribution in [0, 0.1) is 12.8 Å². The van der Waals surface area contributed by atoms with Crippen molar-refractivity contribution in [2.45, 2.75) is 31.6 Å². The van der Waals surface area contributed by atoms with E-state index >= 15 is 0 Å². The summed E-state index contributed by atoms with van der Waals surface area (Å²) in [5.74, 6) is 0.871. The smallest absolute Gasteiger partial charge is 0.251 e. The van der Waals surface area contributed by atoms with Crippen molar-refractivity contribution in [3.8, 4) is 5.75 Å². The quantitative estimate of drug-likeness (QED) is 0.649. The zero-order valence-corrected chi connectivity index (χ0v) is 18.8. The van der Waals surface area contributed by atoms with Crippen molar-refractivity contribution in [3.05, 3.63) is 58.6 Å². The second-order valence-corrected chi connectivity index (χ2v) is 10.00. The average molecular weight is 451 g/mol. The Morgan fingerprint density at radius 3 is 2.50 bits per heavy atom. The van der Waals surface area contributed by atoms with E-state index in [4.69, 9.17) is 16.3 Å². The minimum absolute atomic E-state index is 0.158. The first kappa shape index (κ1) is 22.6. The molecule has 1 aliphatic heterocycles. The van der Waals surface area contributed by atoms with E-state index in [2.05, 4.69) is 12.2 Å². The molecule has 6 nitrogen and oxygen atoms in total. The number of nitrogens with one attached hydrogen (secondary N) is 1. The number of sulfonamides is 1. The van der Waals surface area contributed by atoms with E-state index in [1.165, 1.54) is 10.4 Å². The second-order valence-electron chi connectivity index (χ2n) is 7.62. The van der Waals surface area contributed by atoms with Gasteiger partial charge in [0.05, 0.1) is 11.4 Å². The van der Waals surface area contributed by atoms with Crippen molar-refractivity contribution in [1.82, 2.24) is 9.62 Å². The van der Waals surface area contributed by atoms with E-state index < -0.39 is 10.0 Å². The lowest BCUT2D eigenvalue weighted by molar-refractivity contribution is 0.0946.